The number of nitrogens with zero attached hydrogens (tertiary/aromatic N) is 1. The highest BCUT2D eigenvalue weighted by Gasteiger charge is 2.14. The Morgan fingerprint density at radius 2 is 1.89 bits per heavy atom. The number of nitrogens with one attached hydrogen (secondary N) is 1. The number of ether oxygens (including phenoxy) is 1. The topological polar surface area (TPSA) is 67.6 Å². The van der Waals surface area contributed by atoms with E-state index in [0.717, 1.165) is 11.3 Å². The molecule has 0 aliphatic carbocycles. The zero-order chi connectivity index (χ0) is 14.4. The van der Waals surface area contributed by atoms with Crippen LogP contribution in [-0.2, 0) is 11.2 Å². The summed E-state index contributed by atoms with van der Waals surface area (Å²) in [5.41, 5.74) is 9.50. The van der Waals surface area contributed by atoms with Crippen molar-refractivity contribution in [1.29, 1.82) is 0 Å². The molecule has 0 heterocycles. The molecular formula is C14H23N3O2. The van der Waals surface area contributed by atoms with Crippen molar-refractivity contribution in [2.24, 2.45) is 5.73 Å². The average Bonchev–Trinajstić information content (AvgIpc) is 2.30. The molecule has 5 nitrogen and oxygen atoms in total. The fourth-order valence-corrected chi connectivity index (χ4v) is 1.63. The highest BCUT2D eigenvalue weighted by molar-refractivity contribution is 5.81. The van der Waals surface area contributed by atoms with E-state index in [2.05, 4.69) is 5.43 Å². The first-order valence-electron chi connectivity index (χ1n) is 6.37. The van der Waals surface area contributed by atoms with Crippen LogP contribution in [0.1, 0.15) is 19.4 Å². The third-order valence-electron chi connectivity index (χ3n) is 2.42. The van der Waals surface area contributed by atoms with E-state index in [-0.39, 0.29) is 12.0 Å². The van der Waals surface area contributed by atoms with Gasteiger partial charge in [0, 0.05) is 14.1 Å². The monoisotopic (exact) mass is 265 g/mol. The van der Waals surface area contributed by atoms with Gasteiger partial charge in [-0.1, -0.05) is 12.1 Å². The standard InChI is InChI=1S/C14H23N3O2/c1-10(2)19-12-7-5-11(6-8-12)9-13(15)14(18)16-17(3)4/h5-8,10,13H,9,15H2,1-4H3,(H,16,18). The third-order valence-corrected chi connectivity index (χ3v) is 2.42. The normalized spacial score (nSPS) is 12.6. The molecule has 1 rings (SSSR count). The molecule has 0 saturated carbocycles. The molecule has 1 aromatic rings. The van der Waals surface area contributed by atoms with E-state index in [0.29, 0.717) is 6.42 Å². The second-order valence-corrected chi connectivity index (χ2v) is 4.99. The molecule has 19 heavy (non-hydrogen) atoms. The van der Waals surface area contributed by atoms with Crippen molar-refractivity contribution in [2.45, 2.75) is 32.4 Å². The maximum absolute atomic E-state index is 11.7. The molecular weight excluding hydrogens is 242 g/mol. The van der Waals surface area contributed by atoms with Crippen LogP contribution < -0.4 is 15.9 Å². The zero-order valence-corrected chi connectivity index (χ0v) is 12.0. The van der Waals surface area contributed by atoms with Crippen LogP contribution >= 0.6 is 0 Å². The van der Waals surface area contributed by atoms with Crippen molar-refractivity contribution in [2.75, 3.05) is 14.1 Å². The van der Waals surface area contributed by atoms with Crippen LogP contribution in [0, 0.1) is 0 Å². The lowest BCUT2D eigenvalue weighted by Gasteiger charge is -2.16. The summed E-state index contributed by atoms with van der Waals surface area (Å²) in [4.78, 5) is 11.7. The van der Waals surface area contributed by atoms with E-state index in [9.17, 15) is 4.79 Å². The number of carbonyl (C=O) groups excluding carboxylic acids is 1. The van der Waals surface area contributed by atoms with Gasteiger partial charge < -0.3 is 10.5 Å². The van der Waals surface area contributed by atoms with E-state index in [4.69, 9.17) is 10.5 Å². The van der Waals surface area contributed by atoms with E-state index in [1.54, 1.807) is 19.1 Å². The lowest BCUT2D eigenvalue weighted by molar-refractivity contribution is -0.126. The number of hydrazine groups is 1. The number of hydrogen-bond donors (Lipinski definition) is 2. The van der Waals surface area contributed by atoms with Crippen LogP contribution in [0.15, 0.2) is 24.3 Å². The molecule has 3 N–H and O–H groups in total. The molecule has 0 aliphatic heterocycles. The summed E-state index contributed by atoms with van der Waals surface area (Å²) in [5.74, 6) is 0.637. The third kappa shape index (κ3) is 5.72. The van der Waals surface area contributed by atoms with Crippen LogP contribution in [0.4, 0.5) is 0 Å². The first kappa shape index (κ1) is 15.5. The molecule has 0 radical (unpaired) electrons. The smallest absolute Gasteiger partial charge is 0.251 e. The Labute approximate surface area is 114 Å². The summed E-state index contributed by atoms with van der Waals surface area (Å²) in [7, 11) is 3.51. The minimum Gasteiger partial charge on any atom is -0.491 e. The fraction of sp³-hybridized carbons (Fsp3) is 0.500. The molecule has 0 aliphatic rings. The Bertz CT molecular complexity index is 402. The minimum absolute atomic E-state index is 0.152. The molecule has 0 spiro atoms. The van der Waals surface area contributed by atoms with Crippen LogP contribution in [-0.4, -0.2) is 37.2 Å². The van der Waals surface area contributed by atoms with Gasteiger partial charge in [0.25, 0.3) is 5.91 Å². The van der Waals surface area contributed by atoms with Crippen molar-refractivity contribution in [3.05, 3.63) is 29.8 Å². The highest BCUT2D eigenvalue weighted by Crippen LogP contribution is 2.14. The second-order valence-electron chi connectivity index (χ2n) is 4.99. The molecule has 1 aromatic carbocycles. The maximum Gasteiger partial charge on any atom is 0.251 e. The van der Waals surface area contributed by atoms with Gasteiger partial charge in [0.2, 0.25) is 0 Å². The molecule has 0 aromatic heterocycles. The number of carbonyl (C=O) groups is 1. The van der Waals surface area contributed by atoms with Gasteiger partial charge in [0.15, 0.2) is 0 Å². The summed E-state index contributed by atoms with van der Waals surface area (Å²) < 4.78 is 5.56. The Morgan fingerprint density at radius 3 is 2.37 bits per heavy atom. The molecule has 1 atom stereocenters. The van der Waals surface area contributed by atoms with Crippen molar-refractivity contribution in [3.8, 4) is 5.75 Å². The van der Waals surface area contributed by atoms with Crippen LogP contribution in [0.5, 0.6) is 5.75 Å². The van der Waals surface area contributed by atoms with Gasteiger partial charge in [0.05, 0.1) is 12.1 Å². The molecule has 1 amide bonds. The maximum atomic E-state index is 11.7. The Hall–Kier alpha value is -1.59. The van der Waals surface area contributed by atoms with E-state index in [1.807, 2.05) is 38.1 Å². The SMILES string of the molecule is CC(C)Oc1ccc(CC(N)C(=O)NN(C)C)cc1. The number of rotatable bonds is 6. The summed E-state index contributed by atoms with van der Waals surface area (Å²) in [5, 5.41) is 1.59. The molecule has 5 heteroatoms. The zero-order valence-electron chi connectivity index (χ0n) is 12.0. The first-order chi connectivity index (χ1) is 8.88. The Kier molecular flexibility index (Phi) is 5.79. The minimum atomic E-state index is -0.556. The molecule has 1 unspecified atom stereocenters. The number of benzene rings is 1. The summed E-state index contributed by atoms with van der Waals surface area (Å²) in [6, 6.07) is 7.10. The van der Waals surface area contributed by atoms with Gasteiger partial charge in [-0.05, 0) is 38.0 Å². The van der Waals surface area contributed by atoms with Gasteiger partial charge in [0.1, 0.15) is 5.75 Å². The summed E-state index contributed by atoms with van der Waals surface area (Å²) >= 11 is 0. The molecule has 106 valence electrons. The van der Waals surface area contributed by atoms with Crippen molar-refractivity contribution in [3.63, 3.8) is 0 Å². The van der Waals surface area contributed by atoms with Gasteiger partial charge in [-0.2, -0.15) is 0 Å². The number of hydrogen-bond acceptors (Lipinski definition) is 4. The van der Waals surface area contributed by atoms with Crippen molar-refractivity contribution >= 4 is 5.91 Å². The van der Waals surface area contributed by atoms with Gasteiger partial charge in [-0.15, -0.1) is 0 Å². The first-order valence-corrected chi connectivity index (χ1v) is 6.37. The van der Waals surface area contributed by atoms with E-state index >= 15 is 0 Å². The summed E-state index contributed by atoms with van der Waals surface area (Å²) in [6.07, 6.45) is 0.653. The average molecular weight is 265 g/mol. The van der Waals surface area contributed by atoms with Crippen LogP contribution in [0.25, 0.3) is 0 Å². The van der Waals surface area contributed by atoms with E-state index < -0.39 is 6.04 Å². The quantitative estimate of drug-likeness (QED) is 0.751. The molecule has 0 bridgehead atoms. The molecule has 0 fully saturated rings. The van der Waals surface area contributed by atoms with E-state index in [1.165, 1.54) is 0 Å². The lowest BCUT2D eigenvalue weighted by Crippen LogP contribution is -2.47. The lowest BCUT2D eigenvalue weighted by atomic mass is 10.1. The van der Waals surface area contributed by atoms with Gasteiger partial charge in [-0.3, -0.25) is 10.2 Å². The highest BCUT2D eigenvalue weighted by atomic mass is 16.5. The predicted octanol–water partition coefficient (Wildman–Crippen LogP) is 0.936. The van der Waals surface area contributed by atoms with Crippen molar-refractivity contribution < 1.29 is 9.53 Å². The van der Waals surface area contributed by atoms with Crippen LogP contribution in [0.3, 0.4) is 0 Å². The van der Waals surface area contributed by atoms with Gasteiger partial charge in [-0.25, -0.2) is 5.01 Å². The predicted molar refractivity (Wildman–Crippen MR) is 75.7 cm³/mol. The largest absolute Gasteiger partial charge is 0.491 e. The van der Waals surface area contributed by atoms with Crippen molar-refractivity contribution in [1.82, 2.24) is 10.4 Å². The molecule has 0 saturated heterocycles. The summed E-state index contributed by atoms with van der Waals surface area (Å²) in [6.45, 7) is 3.96. The fourth-order valence-electron chi connectivity index (χ4n) is 1.63. The number of nitrogens with two attached hydrogens (primary N) is 1. The Morgan fingerprint density at radius 1 is 1.32 bits per heavy atom. The number of amides is 1. The van der Waals surface area contributed by atoms with Crippen LogP contribution in [0.2, 0.25) is 0 Å². The Balaban J connectivity index is 2.55. The second kappa shape index (κ2) is 7.11. The van der Waals surface area contributed by atoms with Gasteiger partial charge >= 0.3 is 0 Å².